The van der Waals surface area contributed by atoms with Crippen LogP contribution in [-0.2, 0) is 0 Å². The van der Waals surface area contributed by atoms with Crippen LogP contribution < -0.4 is 11.1 Å². The zero-order valence-electron chi connectivity index (χ0n) is 9.87. The molecule has 92 valence electrons. The Balaban J connectivity index is 1.92. The van der Waals surface area contributed by atoms with Gasteiger partial charge in [0.2, 0.25) is 0 Å². The highest BCUT2D eigenvalue weighted by Gasteiger charge is 2.27. The van der Waals surface area contributed by atoms with Gasteiger partial charge in [0.1, 0.15) is 0 Å². The first kappa shape index (κ1) is 12.4. The van der Waals surface area contributed by atoms with E-state index < -0.39 is 0 Å². The number of rotatable bonds is 4. The number of hydrogen-bond acceptors (Lipinski definition) is 2. The molecule has 1 saturated carbocycles. The van der Waals surface area contributed by atoms with Gasteiger partial charge in [0, 0.05) is 22.3 Å². The van der Waals surface area contributed by atoms with E-state index in [-0.39, 0.29) is 5.91 Å². The van der Waals surface area contributed by atoms with E-state index in [0.29, 0.717) is 17.2 Å². The summed E-state index contributed by atoms with van der Waals surface area (Å²) in [5, 5.41) is 2.96. The third-order valence-corrected chi connectivity index (χ3v) is 3.99. The summed E-state index contributed by atoms with van der Waals surface area (Å²) in [5.74, 6) is 1.34. The molecule has 1 aromatic carbocycles. The van der Waals surface area contributed by atoms with E-state index in [1.54, 1.807) is 18.2 Å². The predicted molar refractivity (Wildman–Crippen MR) is 72.8 cm³/mol. The number of amides is 1. The molecule has 1 fully saturated rings. The highest BCUT2D eigenvalue weighted by molar-refractivity contribution is 9.10. The SMILES string of the molecule is CC(CNC(=O)c1ccc(Br)c(N)c1)C1CC1. The zero-order valence-corrected chi connectivity index (χ0v) is 11.5. The van der Waals surface area contributed by atoms with E-state index in [1.807, 2.05) is 0 Å². The van der Waals surface area contributed by atoms with Crippen LogP contribution in [0, 0.1) is 11.8 Å². The van der Waals surface area contributed by atoms with Gasteiger partial charge in [0.25, 0.3) is 5.91 Å². The molecular formula is C13H17BrN2O. The fourth-order valence-corrected chi connectivity index (χ4v) is 2.12. The van der Waals surface area contributed by atoms with Crippen molar-refractivity contribution in [3.8, 4) is 0 Å². The van der Waals surface area contributed by atoms with Crippen LogP contribution in [0.25, 0.3) is 0 Å². The van der Waals surface area contributed by atoms with Crippen LogP contribution >= 0.6 is 15.9 Å². The van der Waals surface area contributed by atoms with Crippen LogP contribution in [0.3, 0.4) is 0 Å². The van der Waals surface area contributed by atoms with Crippen LogP contribution in [-0.4, -0.2) is 12.5 Å². The largest absolute Gasteiger partial charge is 0.398 e. The normalized spacial score (nSPS) is 16.6. The third-order valence-electron chi connectivity index (χ3n) is 3.27. The lowest BCUT2D eigenvalue weighted by molar-refractivity contribution is 0.0946. The summed E-state index contributed by atoms with van der Waals surface area (Å²) in [6, 6.07) is 5.27. The highest BCUT2D eigenvalue weighted by atomic mass is 79.9. The van der Waals surface area contributed by atoms with Crippen molar-refractivity contribution in [1.82, 2.24) is 5.32 Å². The monoisotopic (exact) mass is 296 g/mol. The van der Waals surface area contributed by atoms with E-state index in [2.05, 4.69) is 28.2 Å². The van der Waals surface area contributed by atoms with Crippen molar-refractivity contribution in [3.63, 3.8) is 0 Å². The van der Waals surface area contributed by atoms with Crippen molar-refractivity contribution in [2.45, 2.75) is 19.8 Å². The lowest BCUT2D eigenvalue weighted by atomic mass is 10.1. The summed E-state index contributed by atoms with van der Waals surface area (Å²) >= 11 is 3.31. The molecule has 17 heavy (non-hydrogen) atoms. The molecule has 1 unspecified atom stereocenters. The van der Waals surface area contributed by atoms with Crippen molar-refractivity contribution in [1.29, 1.82) is 0 Å². The minimum absolute atomic E-state index is 0.0447. The van der Waals surface area contributed by atoms with Crippen LogP contribution in [0.1, 0.15) is 30.1 Å². The quantitative estimate of drug-likeness (QED) is 0.840. The molecule has 0 saturated heterocycles. The summed E-state index contributed by atoms with van der Waals surface area (Å²) in [6.45, 7) is 2.94. The van der Waals surface area contributed by atoms with Gasteiger partial charge < -0.3 is 11.1 Å². The van der Waals surface area contributed by atoms with Crippen molar-refractivity contribution < 1.29 is 4.79 Å². The number of benzene rings is 1. The van der Waals surface area contributed by atoms with Gasteiger partial charge in [-0.2, -0.15) is 0 Å². The first-order chi connectivity index (χ1) is 8.08. The molecule has 1 atom stereocenters. The van der Waals surface area contributed by atoms with Crippen molar-refractivity contribution >= 4 is 27.5 Å². The molecule has 3 N–H and O–H groups in total. The first-order valence-corrected chi connectivity index (χ1v) is 6.70. The molecule has 0 bridgehead atoms. The number of nitrogens with two attached hydrogens (primary N) is 1. The molecule has 1 aliphatic carbocycles. The van der Waals surface area contributed by atoms with E-state index >= 15 is 0 Å². The number of nitrogens with one attached hydrogen (secondary N) is 1. The lowest BCUT2D eigenvalue weighted by Gasteiger charge is -2.11. The molecule has 1 aromatic rings. The minimum Gasteiger partial charge on any atom is -0.398 e. The molecule has 0 heterocycles. The van der Waals surface area contributed by atoms with Gasteiger partial charge in [0.05, 0.1) is 0 Å². The second kappa shape index (κ2) is 5.08. The van der Waals surface area contributed by atoms with Gasteiger partial charge in [-0.3, -0.25) is 4.79 Å². The number of carbonyl (C=O) groups is 1. The van der Waals surface area contributed by atoms with Crippen molar-refractivity contribution in [2.24, 2.45) is 11.8 Å². The maximum Gasteiger partial charge on any atom is 0.251 e. The second-order valence-corrected chi connectivity index (χ2v) is 5.62. The smallest absolute Gasteiger partial charge is 0.251 e. The molecular weight excluding hydrogens is 280 g/mol. The van der Waals surface area contributed by atoms with Gasteiger partial charge in [-0.1, -0.05) is 6.92 Å². The van der Waals surface area contributed by atoms with E-state index in [9.17, 15) is 4.79 Å². The van der Waals surface area contributed by atoms with E-state index in [0.717, 1.165) is 16.9 Å². The van der Waals surface area contributed by atoms with E-state index in [1.165, 1.54) is 12.8 Å². The molecule has 0 radical (unpaired) electrons. The van der Waals surface area contributed by atoms with Crippen LogP contribution in [0.4, 0.5) is 5.69 Å². The summed E-state index contributed by atoms with van der Waals surface area (Å²) in [5.41, 5.74) is 6.96. The Labute approximate surface area is 110 Å². The molecule has 1 amide bonds. The Hall–Kier alpha value is -1.03. The third kappa shape index (κ3) is 3.22. The van der Waals surface area contributed by atoms with Gasteiger partial charge in [-0.25, -0.2) is 0 Å². The number of hydrogen-bond donors (Lipinski definition) is 2. The molecule has 0 aromatic heterocycles. The highest BCUT2D eigenvalue weighted by Crippen LogP contribution is 2.36. The molecule has 0 spiro atoms. The number of carbonyl (C=O) groups excluding carboxylic acids is 1. The Bertz CT molecular complexity index is 429. The second-order valence-electron chi connectivity index (χ2n) is 4.76. The van der Waals surface area contributed by atoms with Crippen molar-refractivity contribution in [3.05, 3.63) is 28.2 Å². The molecule has 2 rings (SSSR count). The molecule has 1 aliphatic rings. The molecule has 0 aliphatic heterocycles. The summed E-state index contributed by atoms with van der Waals surface area (Å²) in [4.78, 5) is 11.9. The molecule has 3 nitrogen and oxygen atoms in total. The Kier molecular flexibility index (Phi) is 3.72. The average Bonchev–Trinajstić information content (AvgIpc) is 3.13. The van der Waals surface area contributed by atoms with Crippen LogP contribution in [0.5, 0.6) is 0 Å². The Morgan fingerprint density at radius 3 is 2.88 bits per heavy atom. The lowest BCUT2D eigenvalue weighted by Crippen LogP contribution is -2.29. The number of nitrogen functional groups attached to an aromatic ring is 1. The standard InChI is InChI=1S/C13H17BrN2O/c1-8(9-2-3-9)7-16-13(17)10-4-5-11(14)12(15)6-10/h4-6,8-9H,2-3,7,15H2,1H3,(H,16,17). The molecule has 4 heteroatoms. The van der Waals surface area contributed by atoms with Crippen molar-refractivity contribution in [2.75, 3.05) is 12.3 Å². The van der Waals surface area contributed by atoms with Gasteiger partial charge >= 0.3 is 0 Å². The predicted octanol–water partition coefficient (Wildman–Crippen LogP) is 2.81. The van der Waals surface area contributed by atoms with Crippen LogP contribution in [0.15, 0.2) is 22.7 Å². The van der Waals surface area contributed by atoms with E-state index in [4.69, 9.17) is 5.73 Å². The van der Waals surface area contributed by atoms with Gasteiger partial charge in [-0.15, -0.1) is 0 Å². The van der Waals surface area contributed by atoms with Gasteiger partial charge in [-0.05, 0) is 58.8 Å². The van der Waals surface area contributed by atoms with Crippen LogP contribution in [0.2, 0.25) is 0 Å². The average molecular weight is 297 g/mol. The number of halogens is 1. The topological polar surface area (TPSA) is 55.1 Å². The van der Waals surface area contributed by atoms with Gasteiger partial charge in [0.15, 0.2) is 0 Å². The Morgan fingerprint density at radius 1 is 1.59 bits per heavy atom. The fourth-order valence-electron chi connectivity index (χ4n) is 1.87. The minimum atomic E-state index is -0.0447. The maximum atomic E-state index is 11.9. The maximum absolute atomic E-state index is 11.9. The summed E-state index contributed by atoms with van der Waals surface area (Å²) in [6.07, 6.45) is 2.62. The zero-order chi connectivity index (χ0) is 12.4. The first-order valence-electron chi connectivity index (χ1n) is 5.91. The summed E-state index contributed by atoms with van der Waals surface area (Å²) in [7, 11) is 0. The summed E-state index contributed by atoms with van der Waals surface area (Å²) < 4.78 is 0.820. The number of anilines is 1. The Morgan fingerprint density at radius 2 is 2.29 bits per heavy atom. The fraction of sp³-hybridized carbons (Fsp3) is 0.462.